The van der Waals surface area contributed by atoms with Crippen LogP contribution in [0.25, 0.3) is 10.2 Å². The minimum absolute atomic E-state index is 0.148. The van der Waals surface area contributed by atoms with E-state index >= 15 is 0 Å². The average Bonchev–Trinajstić information content (AvgIpc) is 2.66. The SMILES string of the molecule is CCCn1/c(=N/NC(C)=O)sc2ccccc21. The quantitative estimate of drug-likeness (QED) is 0.832. The molecule has 0 bridgehead atoms. The molecule has 0 spiro atoms. The molecule has 0 saturated carbocycles. The van der Waals surface area contributed by atoms with Gasteiger partial charge in [0.05, 0.1) is 10.2 Å². The van der Waals surface area contributed by atoms with Gasteiger partial charge in [-0.3, -0.25) is 4.79 Å². The monoisotopic (exact) mass is 249 g/mol. The molecule has 0 atom stereocenters. The van der Waals surface area contributed by atoms with Crippen molar-refractivity contribution >= 4 is 27.5 Å². The van der Waals surface area contributed by atoms with E-state index in [9.17, 15) is 4.79 Å². The van der Waals surface area contributed by atoms with E-state index in [1.807, 2.05) is 12.1 Å². The molecule has 1 amide bonds. The van der Waals surface area contributed by atoms with Crippen LogP contribution in [0.5, 0.6) is 0 Å². The number of nitrogens with one attached hydrogen (secondary N) is 1. The van der Waals surface area contributed by atoms with Crippen LogP contribution in [0.15, 0.2) is 29.4 Å². The second-order valence-electron chi connectivity index (χ2n) is 3.78. The lowest BCUT2D eigenvalue weighted by molar-refractivity contribution is -0.119. The molecule has 0 unspecified atom stereocenters. The van der Waals surface area contributed by atoms with Gasteiger partial charge in [0.15, 0.2) is 0 Å². The molecule has 1 aromatic carbocycles. The summed E-state index contributed by atoms with van der Waals surface area (Å²) in [5.41, 5.74) is 3.67. The molecule has 17 heavy (non-hydrogen) atoms. The van der Waals surface area contributed by atoms with Crippen molar-refractivity contribution in [3.63, 3.8) is 0 Å². The molecule has 2 aromatic rings. The fourth-order valence-electron chi connectivity index (χ4n) is 1.67. The minimum atomic E-state index is -0.148. The fourth-order valence-corrected chi connectivity index (χ4v) is 2.69. The van der Waals surface area contributed by atoms with E-state index < -0.39 is 0 Å². The fraction of sp³-hybridized carbons (Fsp3) is 0.333. The van der Waals surface area contributed by atoms with E-state index in [4.69, 9.17) is 0 Å². The zero-order chi connectivity index (χ0) is 12.3. The van der Waals surface area contributed by atoms with Crippen molar-refractivity contribution in [2.75, 3.05) is 0 Å². The Morgan fingerprint density at radius 3 is 2.94 bits per heavy atom. The summed E-state index contributed by atoms with van der Waals surface area (Å²) in [5, 5.41) is 4.14. The Bertz CT molecular complexity index is 597. The molecule has 1 N–H and O–H groups in total. The predicted molar refractivity (Wildman–Crippen MR) is 69.5 cm³/mol. The third-order valence-electron chi connectivity index (χ3n) is 2.34. The van der Waals surface area contributed by atoms with Crippen LogP contribution < -0.4 is 10.2 Å². The van der Waals surface area contributed by atoms with Gasteiger partial charge < -0.3 is 4.57 Å². The van der Waals surface area contributed by atoms with Crippen LogP contribution in [0.2, 0.25) is 0 Å². The number of nitrogens with zero attached hydrogens (tertiary/aromatic N) is 2. The largest absolute Gasteiger partial charge is 0.315 e. The number of aromatic nitrogens is 1. The third-order valence-corrected chi connectivity index (χ3v) is 3.40. The number of aryl methyl sites for hydroxylation is 1. The van der Waals surface area contributed by atoms with Gasteiger partial charge in [0.25, 0.3) is 0 Å². The lowest BCUT2D eigenvalue weighted by Crippen LogP contribution is -2.22. The van der Waals surface area contributed by atoms with Gasteiger partial charge in [0, 0.05) is 13.5 Å². The number of carbonyl (C=O) groups excluding carboxylic acids is 1. The normalized spacial score (nSPS) is 12.0. The molecular weight excluding hydrogens is 234 g/mol. The maximum atomic E-state index is 10.9. The summed E-state index contributed by atoms with van der Waals surface area (Å²) in [6.07, 6.45) is 1.04. The lowest BCUT2D eigenvalue weighted by Gasteiger charge is -2.01. The molecule has 5 heteroatoms. The van der Waals surface area contributed by atoms with Gasteiger partial charge in [0.2, 0.25) is 10.7 Å². The molecule has 1 heterocycles. The first-order chi connectivity index (χ1) is 8.22. The predicted octanol–water partition coefficient (Wildman–Crippen LogP) is 2.06. The minimum Gasteiger partial charge on any atom is -0.315 e. The zero-order valence-corrected chi connectivity index (χ0v) is 10.8. The molecule has 0 fully saturated rings. The van der Waals surface area contributed by atoms with Crippen LogP contribution in [0, 0.1) is 0 Å². The number of benzene rings is 1. The van der Waals surface area contributed by atoms with Gasteiger partial charge in [-0.05, 0) is 18.6 Å². The van der Waals surface area contributed by atoms with Gasteiger partial charge in [-0.2, -0.15) is 0 Å². The molecule has 0 aliphatic rings. The first kappa shape index (κ1) is 11.9. The van der Waals surface area contributed by atoms with Gasteiger partial charge >= 0.3 is 0 Å². The first-order valence-corrected chi connectivity index (χ1v) is 6.42. The third kappa shape index (κ3) is 2.55. The number of amides is 1. The van der Waals surface area contributed by atoms with Gasteiger partial charge in [-0.25, -0.2) is 5.43 Å². The highest BCUT2D eigenvalue weighted by molar-refractivity contribution is 7.16. The topological polar surface area (TPSA) is 46.4 Å². The number of para-hydroxylation sites is 1. The lowest BCUT2D eigenvalue weighted by atomic mass is 10.3. The van der Waals surface area contributed by atoms with E-state index in [-0.39, 0.29) is 5.91 Å². The van der Waals surface area contributed by atoms with Crippen LogP contribution in [0.3, 0.4) is 0 Å². The van der Waals surface area contributed by atoms with E-state index in [0.717, 1.165) is 17.8 Å². The maximum Gasteiger partial charge on any atom is 0.237 e. The molecule has 0 saturated heterocycles. The Balaban J connectivity index is 2.57. The van der Waals surface area contributed by atoms with Crippen LogP contribution in [-0.2, 0) is 11.3 Å². The van der Waals surface area contributed by atoms with Crippen LogP contribution in [0.1, 0.15) is 20.3 Å². The molecule has 0 aliphatic heterocycles. The Labute approximate surface area is 104 Å². The maximum absolute atomic E-state index is 10.9. The molecular formula is C12H15N3OS. The van der Waals surface area contributed by atoms with E-state index in [2.05, 4.69) is 34.2 Å². The van der Waals surface area contributed by atoms with Crippen LogP contribution in [0.4, 0.5) is 0 Å². The Hall–Kier alpha value is -1.62. The van der Waals surface area contributed by atoms with Crippen molar-refractivity contribution in [2.24, 2.45) is 5.10 Å². The second-order valence-corrected chi connectivity index (χ2v) is 4.79. The number of fused-ring (bicyclic) bond motifs is 1. The molecule has 90 valence electrons. The average molecular weight is 249 g/mol. The van der Waals surface area contributed by atoms with Crippen molar-refractivity contribution in [1.82, 2.24) is 9.99 Å². The Morgan fingerprint density at radius 1 is 1.47 bits per heavy atom. The smallest absolute Gasteiger partial charge is 0.237 e. The van der Waals surface area contributed by atoms with Crippen LogP contribution in [-0.4, -0.2) is 10.5 Å². The summed E-state index contributed by atoms with van der Waals surface area (Å²) in [6.45, 7) is 4.49. The summed E-state index contributed by atoms with van der Waals surface area (Å²) in [5.74, 6) is -0.148. The molecule has 0 radical (unpaired) electrons. The van der Waals surface area contributed by atoms with Gasteiger partial charge in [-0.1, -0.05) is 30.4 Å². The van der Waals surface area contributed by atoms with Gasteiger partial charge in [-0.15, -0.1) is 5.10 Å². The van der Waals surface area contributed by atoms with Crippen molar-refractivity contribution in [1.29, 1.82) is 0 Å². The summed E-state index contributed by atoms with van der Waals surface area (Å²) < 4.78 is 3.32. The van der Waals surface area contributed by atoms with Crippen molar-refractivity contribution < 1.29 is 4.79 Å². The Kier molecular flexibility index (Phi) is 3.58. The van der Waals surface area contributed by atoms with E-state index in [0.29, 0.717) is 0 Å². The zero-order valence-electron chi connectivity index (χ0n) is 9.93. The standard InChI is InChI=1S/C12H15N3OS/c1-3-8-15-10-6-4-5-7-11(10)17-12(15)14-13-9(2)16/h4-7H,3,8H2,1-2H3,(H,13,16)/b14-12-. The highest BCUT2D eigenvalue weighted by Gasteiger charge is 2.04. The van der Waals surface area contributed by atoms with Crippen LogP contribution >= 0.6 is 11.3 Å². The molecule has 2 rings (SSSR count). The van der Waals surface area contributed by atoms with Crippen molar-refractivity contribution in [3.05, 3.63) is 29.1 Å². The second kappa shape index (κ2) is 5.14. The Morgan fingerprint density at radius 2 is 2.24 bits per heavy atom. The van der Waals surface area contributed by atoms with E-state index in [1.165, 1.54) is 17.1 Å². The van der Waals surface area contributed by atoms with E-state index in [1.54, 1.807) is 11.3 Å². The highest BCUT2D eigenvalue weighted by Crippen LogP contribution is 2.16. The first-order valence-electron chi connectivity index (χ1n) is 5.61. The number of thiazole rings is 1. The molecule has 1 aromatic heterocycles. The molecule has 4 nitrogen and oxygen atoms in total. The number of rotatable bonds is 3. The molecule has 0 aliphatic carbocycles. The number of carbonyl (C=O) groups is 1. The van der Waals surface area contributed by atoms with Crippen molar-refractivity contribution in [2.45, 2.75) is 26.8 Å². The summed E-state index contributed by atoms with van der Waals surface area (Å²) in [4.78, 5) is 11.7. The van der Waals surface area contributed by atoms with Crippen molar-refractivity contribution in [3.8, 4) is 0 Å². The highest BCUT2D eigenvalue weighted by atomic mass is 32.1. The summed E-state index contributed by atoms with van der Waals surface area (Å²) in [7, 11) is 0. The number of hydrogen-bond acceptors (Lipinski definition) is 3. The van der Waals surface area contributed by atoms with Gasteiger partial charge in [0.1, 0.15) is 0 Å². The number of hydrogen-bond donors (Lipinski definition) is 1. The summed E-state index contributed by atoms with van der Waals surface area (Å²) in [6, 6.07) is 8.17. The summed E-state index contributed by atoms with van der Waals surface area (Å²) >= 11 is 1.59.